The van der Waals surface area contributed by atoms with Crippen molar-refractivity contribution >= 4 is 28.7 Å². The first kappa shape index (κ1) is 21.9. The van der Waals surface area contributed by atoms with E-state index in [0.717, 1.165) is 44.5 Å². The number of nitrogens with one attached hydrogen (secondary N) is 1. The molecular formula is C27H24N4O2S. The third-order valence-electron chi connectivity index (χ3n) is 5.46. The van der Waals surface area contributed by atoms with Crippen LogP contribution >= 0.6 is 11.3 Å². The van der Waals surface area contributed by atoms with E-state index < -0.39 is 0 Å². The van der Waals surface area contributed by atoms with Crippen molar-refractivity contribution in [1.82, 2.24) is 14.4 Å². The SMILES string of the molecule is CCOc1ccccc1-c1nc(CC(=O)Nc2c(-c3ccccc3)nc3c(C)cccn23)cs1. The number of aryl methyl sites for hydroxylation is 1. The van der Waals surface area contributed by atoms with E-state index in [1.807, 2.05) is 96.6 Å². The highest BCUT2D eigenvalue weighted by Gasteiger charge is 2.19. The summed E-state index contributed by atoms with van der Waals surface area (Å²) >= 11 is 1.51. The lowest BCUT2D eigenvalue weighted by molar-refractivity contribution is -0.115. The number of fused-ring (bicyclic) bond motifs is 1. The number of nitrogens with zero attached hydrogens (tertiary/aromatic N) is 3. The van der Waals surface area contributed by atoms with Crippen LogP contribution in [-0.4, -0.2) is 26.9 Å². The number of amides is 1. The van der Waals surface area contributed by atoms with Crippen molar-refractivity contribution in [3.8, 4) is 27.6 Å². The summed E-state index contributed by atoms with van der Waals surface area (Å²) in [6, 6.07) is 21.7. The number of imidazole rings is 1. The average molecular weight is 469 g/mol. The second kappa shape index (κ2) is 9.49. The van der Waals surface area contributed by atoms with Crippen LogP contribution in [0.2, 0.25) is 0 Å². The highest BCUT2D eigenvalue weighted by Crippen LogP contribution is 2.33. The van der Waals surface area contributed by atoms with Crippen LogP contribution in [-0.2, 0) is 11.2 Å². The molecule has 0 saturated heterocycles. The van der Waals surface area contributed by atoms with Gasteiger partial charge in [-0.25, -0.2) is 9.97 Å². The van der Waals surface area contributed by atoms with Gasteiger partial charge in [-0.3, -0.25) is 9.20 Å². The maximum absolute atomic E-state index is 13.1. The van der Waals surface area contributed by atoms with Crippen LogP contribution in [0.5, 0.6) is 5.75 Å². The zero-order valence-corrected chi connectivity index (χ0v) is 19.8. The lowest BCUT2D eigenvalue weighted by Crippen LogP contribution is -2.16. The maximum atomic E-state index is 13.1. The van der Waals surface area contributed by atoms with Gasteiger partial charge in [0, 0.05) is 17.1 Å². The molecule has 0 fully saturated rings. The number of benzene rings is 2. The van der Waals surface area contributed by atoms with Crippen LogP contribution in [0, 0.1) is 6.92 Å². The van der Waals surface area contributed by atoms with E-state index in [2.05, 4.69) is 5.32 Å². The Labute approximate surface area is 201 Å². The molecule has 3 aromatic heterocycles. The third kappa shape index (κ3) is 4.30. The molecule has 5 rings (SSSR count). The van der Waals surface area contributed by atoms with Crippen LogP contribution < -0.4 is 10.1 Å². The minimum atomic E-state index is -0.143. The van der Waals surface area contributed by atoms with E-state index in [1.165, 1.54) is 11.3 Å². The summed E-state index contributed by atoms with van der Waals surface area (Å²) in [5.74, 6) is 1.31. The fourth-order valence-electron chi connectivity index (χ4n) is 3.90. The van der Waals surface area contributed by atoms with Gasteiger partial charge in [-0.05, 0) is 37.6 Å². The van der Waals surface area contributed by atoms with E-state index in [1.54, 1.807) is 0 Å². The average Bonchev–Trinajstić information content (AvgIpc) is 3.46. The van der Waals surface area contributed by atoms with Gasteiger partial charge in [0.2, 0.25) is 5.91 Å². The number of thiazole rings is 1. The number of hydrogen-bond acceptors (Lipinski definition) is 5. The van der Waals surface area contributed by atoms with Crippen molar-refractivity contribution in [3.05, 3.63) is 89.6 Å². The highest BCUT2D eigenvalue weighted by molar-refractivity contribution is 7.13. The molecule has 5 aromatic rings. The Morgan fingerprint density at radius 1 is 1.03 bits per heavy atom. The zero-order chi connectivity index (χ0) is 23.5. The van der Waals surface area contributed by atoms with Crippen molar-refractivity contribution in [1.29, 1.82) is 0 Å². The molecule has 0 unspecified atom stereocenters. The lowest BCUT2D eigenvalue weighted by atomic mass is 10.1. The molecule has 0 bridgehead atoms. The quantitative estimate of drug-likeness (QED) is 0.317. The summed E-state index contributed by atoms with van der Waals surface area (Å²) < 4.78 is 7.67. The number of carbonyl (C=O) groups is 1. The second-order valence-corrected chi connectivity index (χ2v) is 8.72. The first-order valence-corrected chi connectivity index (χ1v) is 12.0. The third-order valence-corrected chi connectivity index (χ3v) is 6.39. The van der Waals surface area contributed by atoms with Gasteiger partial charge in [-0.15, -0.1) is 11.3 Å². The Balaban J connectivity index is 1.42. The molecule has 34 heavy (non-hydrogen) atoms. The summed E-state index contributed by atoms with van der Waals surface area (Å²) in [5.41, 5.74) is 5.20. The number of para-hydroxylation sites is 1. The van der Waals surface area contributed by atoms with Crippen LogP contribution in [0.25, 0.3) is 27.5 Å². The number of rotatable bonds is 7. The Morgan fingerprint density at radius 3 is 2.65 bits per heavy atom. The Kier molecular flexibility index (Phi) is 6.10. The van der Waals surface area contributed by atoms with E-state index in [9.17, 15) is 4.79 Å². The number of hydrogen-bond donors (Lipinski definition) is 1. The minimum Gasteiger partial charge on any atom is -0.493 e. The molecule has 0 aliphatic heterocycles. The zero-order valence-electron chi connectivity index (χ0n) is 19.0. The largest absolute Gasteiger partial charge is 0.493 e. The first-order valence-electron chi connectivity index (χ1n) is 11.1. The Bertz CT molecular complexity index is 1460. The van der Waals surface area contributed by atoms with Gasteiger partial charge in [-0.1, -0.05) is 48.5 Å². The van der Waals surface area contributed by atoms with Gasteiger partial charge < -0.3 is 10.1 Å². The number of pyridine rings is 1. The van der Waals surface area contributed by atoms with Crippen LogP contribution in [0.1, 0.15) is 18.2 Å². The van der Waals surface area contributed by atoms with Gasteiger partial charge >= 0.3 is 0 Å². The topological polar surface area (TPSA) is 68.5 Å². The van der Waals surface area contributed by atoms with Crippen molar-refractivity contribution in [2.24, 2.45) is 0 Å². The molecule has 0 saturated carbocycles. The molecule has 3 heterocycles. The van der Waals surface area contributed by atoms with Crippen LogP contribution in [0.15, 0.2) is 78.3 Å². The van der Waals surface area contributed by atoms with Crippen molar-refractivity contribution in [3.63, 3.8) is 0 Å². The van der Waals surface area contributed by atoms with Crippen molar-refractivity contribution < 1.29 is 9.53 Å². The molecule has 7 heteroatoms. The fraction of sp³-hybridized carbons (Fsp3) is 0.148. The minimum absolute atomic E-state index is 0.143. The molecule has 2 aromatic carbocycles. The van der Waals surface area contributed by atoms with E-state index in [-0.39, 0.29) is 12.3 Å². The summed E-state index contributed by atoms with van der Waals surface area (Å²) in [6.45, 7) is 4.56. The maximum Gasteiger partial charge on any atom is 0.231 e. The second-order valence-electron chi connectivity index (χ2n) is 7.86. The number of anilines is 1. The van der Waals surface area contributed by atoms with Crippen molar-refractivity contribution in [2.45, 2.75) is 20.3 Å². The summed E-state index contributed by atoms with van der Waals surface area (Å²) in [7, 11) is 0. The van der Waals surface area contributed by atoms with Gasteiger partial charge in [0.05, 0.1) is 24.3 Å². The number of carbonyl (C=O) groups excluding carboxylic acids is 1. The molecule has 0 aliphatic carbocycles. The molecule has 0 radical (unpaired) electrons. The highest BCUT2D eigenvalue weighted by atomic mass is 32.1. The molecule has 170 valence electrons. The van der Waals surface area contributed by atoms with Crippen molar-refractivity contribution in [2.75, 3.05) is 11.9 Å². The molecule has 0 aliphatic rings. The van der Waals surface area contributed by atoms with Gasteiger partial charge in [-0.2, -0.15) is 0 Å². The van der Waals surface area contributed by atoms with Gasteiger partial charge in [0.1, 0.15) is 27.9 Å². The molecule has 0 spiro atoms. The smallest absolute Gasteiger partial charge is 0.231 e. The Morgan fingerprint density at radius 2 is 1.82 bits per heavy atom. The molecule has 0 atom stereocenters. The molecule has 6 nitrogen and oxygen atoms in total. The Hall–Kier alpha value is -3.97. The van der Waals surface area contributed by atoms with Crippen LogP contribution in [0.4, 0.5) is 5.82 Å². The van der Waals surface area contributed by atoms with Gasteiger partial charge in [0.25, 0.3) is 0 Å². The summed E-state index contributed by atoms with van der Waals surface area (Å²) in [5, 5.41) is 5.85. The monoisotopic (exact) mass is 468 g/mol. The standard InChI is InChI=1S/C27H24N4O2S/c1-3-33-22-14-8-7-13-21(22)27-28-20(17-34-27)16-23(32)29-26-24(19-11-5-4-6-12-19)30-25-18(2)10-9-15-31(25)26/h4-15,17H,3,16H2,1-2H3,(H,29,32). The van der Waals surface area contributed by atoms with Gasteiger partial charge in [0.15, 0.2) is 0 Å². The van der Waals surface area contributed by atoms with E-state index in [0.29, 0.717) is 12.4 Å². The predicted molar refractivity (Wildman–Crippen MR) is 136 cm³/mol. The van der Waals surface area contributed by atoms with E-state index >= 15 is 0 Å². The predicted octanol–water partition coefficient (Wildman–Crippen LogP) is 6.01. The molecule has 1 amide bonds. The first-order chi connectivity index (χ1) is 16.6. The normalized spacial score (nSPS) is 11.0. The lowest BCUT2D eigenvalue weighted by Gasteiger charge is -2.08. The summed E-state index contributed by atoms with van der Waals surface area (Å²) in [6.07, 6.45) is 2.09. The van der Waals surface area contributed by atoms with E-state index in [4.69, 9.17) is 14.7 Å². The molecular weight excluding hydrogens is 444 g/mol. The fourth-order valence-corrected chi connectivity index (χ4v) is 4.75. The number of aromatic nitrogens is 3. The number of ether oxygens (including phenoxy) is 1. The van der Waals surface area contributed by atoms with Crippen LogP contribution in [0.3, 0.4) is 0 Å². The summed E-state index contributed by atoms with van der Waals surface area (Å²) in [4.78, 5) is 22.6. The molecule has 1 N–H and O–H groups in total.